The van der Waals surface area contributed by atoms with Crippen molar-refractivity contribution in [1.82, 2.24) is 0 Å². The number of carbonyl (C=O) groups excluding carboxylic acids is 5. The van der Waals surface area contributed by atoms with Crippen LogP contribution < -0.4 is 0 Å². The number of ether oxygens (including phenoxy) is 4. The first-order valence-corrected chi connectivity index (χ1v) is 8.90. The summed E-state index contributed by atoms with van der Waals surface area (Å²) in [5.74, 6) is -3.63. The van der Waals surface area contributed by atoms with E-state index < -0.39 is 66.9 Å². The third-order valence-electron chi connectivity index (χ3n) is 4.67. The lowest BCUT2D eigenvalue weighted by molar-refractivity contribution is -0.159. The number of Topliss-reactive ketones (excluding diaryl/α,β-unsaturated/α-hetero) is 1. The van der Waals surface area contributed by atoms with E-state index in [2.05, 4.69) is 26.3 Å². The van der Waals surface area contributed by atoms with Crippen LogP contribution in [-0.2, 0) is 42.9 Å². The number of rotatable bonds is 12. The molecule has 0 radical (unpaired) electrons. The van der Waals surface area contributed by atoms with E-state index in [1.54, 1.807) is 0 Å². The molecule has 0 unspecified atom stereocenters. The summed E-state index contributed by atoms with van der Waals surface area (Å²) in [5, 5.41) is 0. The molecule has 30 heavy (non-hydrogen) atoms. The van der Waals surface area contributed by atoms with E-state index in [-0.39, 0.29) is 12.8 Å². The molecule has 0 atom stereocenters. The lowest BCUT2D eigenvalue weighted by Crippen LogP contribution is -2.47. The summed E-state index contributed by atoms with van der Waals surface area (Å²) in [6.45, 7) is 11.5. The Hall–Kier alpha value is -3.49. The Labute approximate surface area is 174 Å². The minimum atomic E-state index is -1.43. The molecule has 9 heteroatoms. The maximum absolute atomic E-state index is 13.5. The number of hydrogen-bond acceptors (Lipinski definition) is 9. The zero-order valence-electron chi connectivity index (χ0n) is 16.6. The predicted octanol–water partition coefficient (Wildman–Crippen LogP) is 1.24. The predicted molar refractivity (Wildman–Crippen MR) is 104 cm³/mol. The Kier molecular flexibility index (Phi) is 8.91. The second-order valence-corrected chi connectivity index (χ2v) is 6.64. The largest absolute Gasteiger partial charge is 0.461 e. The number of esters is 4. The van der Waals surface area contributed by atoms with Gasteiger partial charge in [0.15, 0.2) is 5.78 Å². The van der Waals surface area contributed by atoms with Crippen molar-refractivity contribution < 1.29 is 42.9 Å². The lowest BCUT2D eigenvalue weighted by Gasteiger charge is -2.31. The highest BCUT2D eigenvalue weighted by atomic mass is 16.6. The van der Waals surface area contributed by atoms with Crippen LogP contribution in [0.4, 0.5) is 0 Å². The van der Waals surface area contributed by atoms with Gasteiger partial charge in [-0.05, 0) is 12.8 Å². The van der Waals surface area contributed by atoms with Gasteiger partial charge in [0.1, 0.15) is 26.4 Å². The number of carbonyl (C=O) groups is 5. The minimum Gasteiger partial charge on any atom is -0.461 e. The standard InChI is InChI=1S/C21H24O9/c1-5-15(22)27-11-20(12-28-16(23)6-2)9-10-21(19(20)26,13-29-17(24)7-3)14-30-18(25)8-4/h5-8H,1-4,9-14H2. The molecule has 1 fully saturated rings. The zero-order chi connectivity index (χ0) is 22.8. The average molecular weight is 420 g/mol. The molecular formula is C21H24O9. The summed E-state index contributed by atoms with van der Waals surface area (Å²) in [6, 6.07) is 0. The molecule has 1 aliphatic rings. The van der Waals surface area contributed by atoms with E-state index in [9.17, 15) is 24.0 Å². The Morgan fingerprint density at radius 1 is 0.633 bits per heavy atom. The quantitative estimate of drug-likeness (QED) is 0.261. The Balaban J connectivity index is 3.22. The van der Waals surface area contributed by atoms with Gasteiger partial charge < -0.3 is 18.9 Å². The van der Waals surface area contributed by atoms with Crippen molar-refractivity contribution in [2.75, 3.05) is 26.4 Å². The van der Waals surface area contributed by atoms with Crippen LogP contribution in [0.1, 0.15) is 12.8 Å². The number of hydrogen-bond donors (Lipinski definition) is 0. The van der Waals surface area contributed by atoms with Gasteiger partial charge in [-0.1, -0.05) is 26.3 Å². The fourth-order valence-corrected chi connectivity index (χ4v) is 2.98. The molecule has 1 saturated carbocycles. The summed E-state index contributed by atoms with van der Waals surface area (Å²) < 4.78 is 20.2. The third kappa shape index (κ3) is 6.00. The van der Waals surface area contributed by atoms with E-state index in [0.717, 1.165) is 24.3 Å². The van der Waals surface area contributed by atoms with Gasteiger partial charge >= 0.3 is 23.9 Å². The average Bonchev–Trinajstić information content (AvgIpc) is 3.04. The molecule has 0 bridgehead atoms. The molecular weight excluding hydrogens is 396 g/mol. The van der Waals surface area contributed by atoms with Gasteiger partial charge in [0, 0.05) is 24.3 Å². The molecule has 0 aromatic heterocycles. The zero-order valence-corrected chi connectivity index (χ0v) is 16.6. The van der Waals surface area contributed by atoms with E-state index in [0.29, 0.717) is 0 Å². The van der Waals surface area contributed by atoms with Crippen molar-refractivity contribution >= 4 is 29.7 Å². The van der Waals surface area contributed by atoms with Gasteiger partial charge in [-0.15, -0.1) is 0 Å². The maximum atomic E-state index is 13.5. The highest BCUT2D eigenvalue weighted by molar-refractivity contribution is 5.95. The summed E-state index contributed by atoms with van der Waals surface area (Å²) in [5.41, 5.74) is -2.86. The summed E-state index contributed by atoms with van der Waals surface area (Å²) in [6.07, 6.45) is 3.92. The smallest absolute Gasteiger partial charge is 0.330 e. The van der Waals surface area contributed by atoms with Crippen molar-refractivity contribution in [3.8, 4) is 0 Å². The van der Waals surface area contributed by atoms with E-state index >= 15 is 0 Å². The van der Waals surface area contributed by atoms with Gasteiger partial charge in [-0.2, -0.15) is 0 Å². The van der Waals surface area contributed by atoms with E-state index in [1.807, 2.05) is 0 Å². The van der Waals surface area contributed by atoms with E-state index in [4.69, 9.17) is 18.9 Å². The van der Waals surface area contributed by atoms with Crippen molar-refractivity contribution in [2.45, 2.75) is 12.8 Å². The molecule has 0 heterocycles. The molecule has 9 nitrogen and oxygen atoms in total. The fourth-order valence-electron chi connectivity index (χ4n) is 2.98. The normalized spacial score (nSPS) is 15.9. The van der Waals surface area contributed by atoms with Crippen molar-refractivity contribution in [1.29, 1.82) is 0 Å². The lowest BCUT2D eigenvalue weighted by atomic mass is 9.79. The Morgan fingerprint density at radius 2 is 0.867 bits per heavy atom. The molecule has 1 rings (SSSR count). The molecule has 0 aromatic carbocycles. The van der Waals surface area contributed by atoms with Crippen LogP contribution >= 0.6 is 0 Å². The van der Waals surface area contributed by atoms with Crippen LogP contribution in [0.3, 0.4) is 0 Å². The summed E-state index contributed by atoms with van der Waals surface area (Å²) in [7, 11) is 0. The van der Waals surface area contributed by atoms with Crippen molar-refractivity contribution in [2.24, 2.45) is 10.8 Å². The highest BCUT2D eigenvalue weighted by Gasteiger charge is 2.59. The SMILES string of the molecule is C=CC(=O)OCC1(COC(=O)C=C)CCC(COC(=O)C=C)(COC(=O)C=C)C1=O. The highest BCUT2D eigenvalue weighted by Crippen LogP contribution is 2.47. The topological polar surface area (TPSA) is 122 Å². The first-order valence-electron chi connectivity index (χ1n) is 8.90. The van der Waals surface area contributed by atoms with Crippen LogP contribution in [0.5, 0.6) is 0 Å². The Bertz CT molecular complexity index is 652. The molecule has 1 aliphatic carbocycles. The molecule has 0 aromatic rings. The van der Waals surface area contributed by atoms with Gasteiger partial charge in [-0.3, -0.25) is 4.79 Å². The van der Waals surface area contributed by atoms with Crippen LogP contribution in [0.15, 0.2) is 50.6 Å². The second kappa shape index (κ2) is 10.9. The Morgan fingerprint density at radius 3 is 1.07 bits per heavy atom. The molecule has 0 N–H and O–H groups in total. The van der Waals surface area contributed by atoms with Crippen LogP contribution in [0.2, 0.25) is 0 Å². The minimum absolute atomic E-state index is 0.109. The monoisotopic (exact) mass is 420 g/mol. The third-order valence-corrected chi connectivity index (χ3v) is 4.67. The van der Waals surface area contributed by atoms with Crippen LogP contribution in [-0.4, -0.2) is 56.1 Å². The first kappa shape index (κ1) is 24.5. The second-order valence-electron chi connectivity index (χ2n) is 6.64. The molecule has 0 spiro atoms. The van der Waals surface area contributed by atoms with Crippen molar-refractivity contribution in [3.05, 3.63) is 50.6 Å². The van der Waals surface area contributed by atoms with Gasteiger partial charge in [0.05, 0.1) is 10.8 Å². The van der Waals surface area contributed by atoms with Gasteiger partial charge in [0.25, 0.3) is 0 Å². The van der Waals surface area contributed by atoms with Gasteiger partial charge in [0.2, 0.25) is 0 Å². The van der Waals surface area contributed by atoms with Crippen LogP contribution in [0, 0.1) is 10.8 Å². The van der Waals surface area contributed by atoms with Crippen LogP contribution in [0.25, 0.3) is 0 Å². The first-order chi connectivity index (χ1) is 14.2. The fraction of sp³-hybridized carbons (Fsp3) is 0.381. The molecule has 0 aliphatic heterocycles. The number of ketones is 1. The van der Waals surface area contributed by atoms with Crippen molar-refractivity contribution in [3.63, 3.8) is 0 Å². The molecule has 162 valence electrons. The van der Waals surface area contributed by atoms with E-state index in [1.165, 1.54) is 0 Å². The molecule has 0 saturated heterocycles. The summed E-state index contributed by atoms with van der Waals surface area (Å²) in [4.78, 5) is 59.7. The maximum Gasteiger partial charge on any atom is 0.330 e. The molecule has 0 amide bonds. The summed E-state index contributed by atoms with van der Waals surface area (Å²) >= 11 is 0. The van der Waals surface area contributed by atoms with Gasteiger partial charge in [-0.25, -0.2) is 19.2 Å².